The lowest BCUT2D eigenvalue weighted by Gasteiger charge is -2.10. The Morgan fingerprint density at radius 3 is 2.45 bits per heavy atom. The van der Waals surface area contributed by atoms with Crippen molar-refractivity contribution in [3.05, 3.63) is 35.2 Å². The molecule has 0 radical (unpaired) electrons. The smallest absolute Gasteiger partial charge is 0.224 e. The first-order valence-electron chi connectivity index (χ1n) is 5.70. The normalized spacial score (nSPS) is 9.85. The van der Waals surface area contributed by atoms with Gasteiger partial charge in [-0.05, 0) is 17.3 Å². The lowest BCUT2D eigenvalue weighted by molar-refractivity contribution is -0.114. The number of benzene rings is 1. The van der Waals surface area contributed by atoms with Gasteiger partial charge in [0.25, 0.3) is 0 Å². The van der Waals surface area contributed by atoms with Crippen LogP contribution >= 0.6 is 0 Å². The maximum absolute atomic E-state index is 11.1. The number of nitrogens with two attached hydrogens (primary N) is 1. The standard InChI is InChI=1S/C12H12N6O2/c1-7(19)14-10-9(18-20)11(17-12(13)16-10)15-8-5-3-2-4-6-8/h2-6H,1H3,(H4,13,14,15,16,17,19). The molecule has 1 amide bonds. The van der Waals surface area contributed by atoms with Gasteiger partial charge in [-0.2, -0.15) is 9.97 Å². The number of carbonyl (C=O) groups excluding carboxylic acids is 1. The molecule has 0 spiro atoms. The van der Waals surface area contributed by atoms with Crippen LogP contribution in [-0.4, -0.2) is 15.9 Å². The Balaban J connectivity index is 2.43. The second kappa shape index (κ2) is 5.74. The Bertz CT molecular complexity index is 644. The Labute approximate surface area is 114 Å². The minimum absolute atomic E-state index is 0.0292. The fraction of sp³-hybridized carbons (Fsp3) is 0.0833. The Morgan fingerprint density at radius 2 is 1.85 bits per heavy atom. The van der Waals surface area contributed by atoms with Crippen molar-refractivity contribution in [1.82, 2.24) is 9.97 Å². The van der Waals surface area contributed by atoms with Crippen LogP contribution in [0.15, 0.2) is 35.5 Å². The average Bonchev–Trinajstić information content (AvgIpc) is 2.39. The van der Waals surface area contributed by atoms with E-state index >= 15 is 0 Å². The number of anilines is 4. The molecular weight excluding hydrogens is 260 g/mol. The Kier molecular flexibility index (Phi) is 3.85. The van der Waals surface area contributed by atoms with Crippen molar-refractivity contribution >= 4 is 34.9 Å². The van der Waals surface area contributed by atoms with E-state index in [-0.39, 0.29) is 23.3 Å². The van der Waals surface area contributed by atoms with E-state index < -0.39 is 5.91 Å². The zero-order valence-electron chi connectivity index (χ0n) is 10.6. The number of amides is 1. The van der Waals surface area contributed by atoms with Crippen LogP contribution in [0.5, 0.6) is 0 Å². The average molecular weight is 272 g/mol. The summed E-state index contributed by atoms with van der Waals surface area (Å²) >= 11 is 0. The second-order valence-electron chi connectivity index (χ2n) is 3.89. The molecule has 0 aliphatic rings. The number of nitroso groups, excluding NO2 is 1. The zero-order valence-corrected chi connectivity index (χ0v) is 10.6. The van der Waals surface area contributed by atoms with Crippen molar-refractivity contribution < 1.29 is 4.79 Å². The van der Waals surface area contributed by atoms with Crippen molar-refractivity contribution in [1.29, 1.82) is 0 Å². The highest BCUT2D eigenvalue weighted by Gasteiger charge is 2.15. The number of para-hydroxylation sites is 1. The molecule has 0 saturated heterocycles. The van der Waals surface area contributed by atoms with E-state index in [4.69, 9.17) is 5.73 Å². The van der Waals surface area contributed by atoms with E-state index in [1.807, 2.05) is 18.2 Å². The molecule has 1 aromatic heterocycles. The van der Waals surface area contributed by atoms with Crippen molar-refractivity contribution in [3.8, 4) is 0 Å². The van der Waals surface area contributed by atoms with Gasteiger partial charge in [0.1, 0.15) is 0 Å². The van der Waals surface area contributed by atoms with Crippen LogP contribution < -0.4 is 16.4 Å². The van der Waals surface area contributed by atoms with Gasteiger partial charge in [0.2, 0.25) is 11.9 Å². The zero-order chi connectivity index (χ0) is 14.5. The molecule has 0 unspecified atom stereocenters. The van der Waals surface area contributed by atoms with Crippen molar-refractivity contribution in [2.24, 2.45) is 5.18 Å². The SMILES string of the molecule is CC(=O)Nc1nc(N)nc(Nc2ccccc2)c1N=O. The summed E-state index contributed by atoms with van der Waals surface area (Å²) in [5, 5.41) is 8.14. The molecule has 2 rings (SSSR count). The maximum atomic E-state index is 11.1. The number of aromatic nitrogens is 2. The number of hydrogen-bond donors (Lipinski definition) is 3. The predicted octanol–water partition coefficient (Wildman–Crippen LogP) is 2.16. The van der Waals surface area contributed by atoms with Crippen LogP contribution in [-0.2, 0) is 4.79 Å². The molecule has 0 saturated carbocycles. The van der Waals surface area contributed by atoms with Gasteiger partial charge in [-0.15, -0.1) is 4.91 Å². The van der Waals surface area contributed by atoms with E-state index in [1.165, 1.54) is 6.92 Å². The van der Waals surface area contributed by atoms with Crippen molar-refractivity contribution in [3.63, 3.8) is 0 Å². The molecule has 102 valence electrons. The molecule has 2 aromatic rings. The van der Waals surface area contributed by atoms with E-state index in [0.29, 0.717) is 5.69 Å². The minimum Gasteiger partial charge on any atom is -0.368 e. The van der Waals surface area contributed by atoms with Gasteiger partial charge in [0.15, 0.2) is 17.3 Å². The molecule has 20 heavy (non-hydrogen) atoms. The Hall–Kier alpha value is -3.03. The summed E-state index contributed by atoms with van der Waals surface area (Å²) in [5.41, 5.74) is 6.14. The lowest BCUT2D eigenvalue weighted by Crippen LogP contribution is -2.11. The monoisotopic (exact) mass is 272 g/mol. The molecule has 8 nitrogen and oxygen atoms in total. The largest absolute Gasteiger partial charge is 0.368 e. The summed E-state index contributed by atoms with van der Waals surface area (Å²) in [6, 6.07) is 9.04. The molecule has 0 aliphatic carbocycles. The summed E-state index contributed by atoms with van der Waals surface area (Å²) < 4.78 is 0. The van der Waals surface area contributed by atoms with E-state index in [1.54, 1.807) is 12.1 Å². The van der Waals surface area contributed by atoms with Crippen LogP contribution in [0.25, 0.3) is 0 Å². The summed E-state index contributed by atoms with van der Waals surface area (Å²) in [7, 11) is 0. The quantitative estimate of drug-likeness (QED) is 0.733. The molecule has 0 atom stereocenters. The summed E-state index contributed by atoms with van der Waals surface area (Å²) in [5.74, 6) is -0.376. The number of carbonyl (C=O) groups is 1. The third-order valence-electron chi connectivity index (χ3n) is 2.32. The second-order valence-corrected chi connectivity index (χ2v) is 3.89. The highest BCUT2D eigenvalue weighted by Crippen LogP contribution is 2.33. The van der Waals surface area contributed by atoms with Crippen LogP contribution in [0.3, 0.4) is 0 Å². The van der Waals surface area contributed by atoms with Crippen molar-refractivity contribution in [2.75, 3.05) is 16.4 Å². The first kappa shape index (κ1) is 13.4. The highest BCUT2D eigenvalue weighted by molar-refractivity contribution is 5.93. The molecule has 0 aliphatic heterocycles. The van der Waals surface area contributed by atoms with Crippen LogP contribution in [0.1, 0.15) is 6.92 Å². The first-order chi connectivity index (χ1) is 9.60. The number of nitrogen functional groups attached to an aromatic ring is 1. The predicted molar refractivity (Wildman–Crippen MR) is 75.9 cm³/mol. The fourth-order valence-electron chi connectivity index (χ4n) is 1.56. The summed E-state index contributed by atoms with van der Waals surface area (Å²) in [6.45, 7) is 1.29. The number of rotatable bonds is 4. The molecule has 1 heterocycles. The summed E-state index contributed by atoms with van der Waals surface area (Å²) in [6.07, 6.45) is 0. The van der Waals surface area contributed by atoms with Crippen LogP contribution in [0.2, 0.25) is 0 Å². The van der Waals surface area contributed by atoms with Gasteiger partial charge in [0.05, 0.1) is 0 Å². The molecule has 0 bridgehead atoms. The molecule has 0 fully saturated rings. The van der Waals surface area contributed by atoms with E-state index in [2.05, 4.69) is 25.8 Å². The van der Waals surface area contributed by atoms with Crippen LogP contribution in [0.4, 0.5) is 29.0 Å². The number of nitrogens with one attached hydrogen (secondary N) is 2. The van der Waals surface area contributed by atoms with Gasteiger partial charge < -0.3 is 16.4 Å². The maximum Gasteiger partial charge on any atom is 0.224 e. The van der Waals surface area contributed by atoms with Gasteiger partial charge >= 0.3 is 0 Å². The van der Waals surface area contributed by atoms with Crippen LogP contribution in [0, 0.1) is 4.91 Å². The highest BCUT2D eigenvalue weighted by atomic mass is 16.3. The summed E-state index contributed by atoms with van der Waals surface area (Å²) in [4.78, 5) is 29.8. The third kappa shape index (κ3) is 3.05. The fourth-order valence-corrected chi connectivity index (χ4v) is 1.56. The van der Waals surface area contributed by atoms with E-state index in [0.717, 1.165) is 0 Å². The number of nitrogens with zero attached hydrogens (tertiary/aromatic N) is 3. The van der Waals surface area contributed by atoms with Gasteiger partial charge in [-0.1, -0.05) is 18.2 Å². The molecule has 4 N–H and O–H groups in total. The Morgan fingerprint density at radius 1 is 1.20 bits per heavy atom. The number of hydrogen-bond acceptors (Lipinski definition) is 7. The van der Waals surface area contributed by atoms with Crippen molar-refractivity contribution in [2.45, 2.75) is 6.92 Å². The van der Waals surface area contributed by atoms with Gasteiger partial charge in [0, 0.05) is 12.6 Å². The third-order valence-corrected chi connectivity index (χ3v) is 2.32. The molecule has 8 heteroatoms. The first-order valence-corrected chi connectivity index (χ1v) is 5.70. The minimum atomic E-state index is -0.390. The topological polar surface area (TPSA) is 122 Å². The molecular formula is C12H12N6O2. The molecule has 1 aromatic carbocycles. The van der Waals surface area contributed by atoms with Gasteiger partial charge in [-0.3, -0.25) is 4.79 Å². The van der Waals surface area contributed by atoms with Gasteiger partial charge in [-0.25, -0.2) is 0 Å². The lowest BCUT2D eigenvalue weighted by atomic mass is 10.3. The van der Waals surface area contributed by atoms with E-state index in [9.17, 15) is 9.70 Å².